The first-order chi connectivity index (χ1) is 18.5. The Morgan fingerprint density at radius 3 is 2.28 bits per heavy atom. The van der Waals surface area contributed by atoms with Crippen molar-refractivity contribution in [3.63, 3.8) is 0 Å². The minimum Gasteiger partial charge on any atom is -0.368 e. The molecule has 0 bridgehead atoms. The molecule has 1 heterocycles. The van der Waals surface area contributed by atoms with Crippen LogP contribution in [0, 0.1) is 5.82 Å². The molecule has 0 saturated carbocycles. The highest BCUT2D eigenvalue weighted by Gasteiger charge is 2.35. The highest BCUT2D eigenvalue weighted by Crippen LogP contribution is 2.37. The van der Waals surface area contributed by atoms with Crippen LogP contribution in [0.4, 0.5) is 39.4 Å². The van der Waals surface area contributed by atoms with E-state index in [1.54, 1.807) is 17.0 Å². The molecule has 206 valence electrons. The molecular formula is C27H27F4N5O2S. The number of alkyl halides is 3. The highest BCUT2D eigenvalue weighted by molar-refractivity contribution is 7.82. The number of halogens is 4. The number of carbonyl (C=O) groups is 2. The zero-order valence-electron chi connectivity index (χ0n) is 21.0. The van der Waals surface area contributed by atoms with Gasteiger partial charge in [-0.25, -0.2) is 13.5 Å². The number of benzene rings is 3. The molecule has 0 aromatic heterocycles. The Balaban J connectivity index is 1.38. The average molecular weight is 562 g/mol. The Kier molecular flexibility index (Phi) is 8.66. The lowest BCUT2D eigenvalue weighted by molar-refractivity contribution is -0.137. The molecule has 3 aromatic rings. The maximum Gasteiger partial charge on any atom is 0.418 e. The quantitative estimate of drug-likeness (QED) is 0.278. The first-order valence-electron chi connectivity index (χ1n) is 12.1. The average Bonchev–Trinajstić information content (AvgIpc) is 2.92. The van der Waals surface area contributed by atoms with Crippen LogP contribution in [0.15, 0.2) is 66.7 Å². The number of carbonyl (C=O) groups excluding carboxylic acids is 2. The van der Waals surface area contributed by atoms with Gasteiger partial charge in [-0.05, 0) is 61.1 Å². The smallest absolute Gasteiger partial charge is 0.368 e. The monoisotopic (exact) mass is 561 g/mol. The van der Waals surface area contributed by atoms with E-state index in [0.29, 0.717) is 43.1 Å². The number of anilines is 3. The standard InChI is InChI=1S/C27H27F4N5O2S/c1-34-12-14-35(15-13-34)24-11-6-18(16-22(24)27(29,30)31)17-32-26(38)36(39)20-9-7-19(8-10-20)33-25(37)21-4-2-3-5-23(21)28/h2-11,16,39H,12-15,17H2,1H3,(H,32,38)(H,33,37). The van der Waals surface area contributed by atoms with Crippen LogP contribution in [-0.4, -0.2) is 50.1 Å². The summed E-state index contributed by atoms with van der Waals surface area (Å²) in [6.45, 7) is 2.20. The number of thiol groups is 1. The summed E-state index contributed by atoms with van der Waals surface area (Å²) in [5.74, 6) is -1.28. The summed E-state index contributed by atoms with van der Waals surface area (Å²) >= 11 is 4.19. The number of amides is 3. The van der Waals surface area contributed by atoms with E-state index >= 15 is 0 Å². The van der Waals surface area contributed by atoms with Gasteiger partial charge in [-0.15, -0.1) is 0 Å². The number of hydrogen-bond donors (Lipinski definition) is 3. The second-order valence-corrected chi connectivity index (χ2v) is 9.49. The van der Waals surface area contributed by atoms with E-state index in [0.717, 1.165) is 10.4 Å². The van der Waals surface area contributed by atoms with Crippen LogP contribution < -0.4 is 19.8 Å². The first-order valence-corrected chi connectivity index (χ1v) is 12.5. The second kappa shape index (κ2) is 12.0. The number of piperazine rings is 1. The lowest BCUT2D eigenvalue weighted by Crippen LogP contribution is -2.45. The van der Waals surface area contributed by atoms with Gasteiger partial charge in [-0.2, -0.15) is 13.2 Å². The Labute approximate surface area is 228 Å². The largest absolute Gasteiger partial charge is 0.418 e. The zero-order valence-corrected chi connectivity index (χ0v) is 21.9. The SMILES string of the molecule is CN1CCN(c2ccc(CNC(=O)N(S)c3ccc(NC(=O)c4ccccc4F)cc3)cc2C(F)(F)F)CC1. The predicted molar refractivity (Wildman–Crippen MR) is 146 cm³/mol. The molecule has 4 rings (SSSR count). The molecule has 39 heavy (non-hydrogen) atoms. The molecule has 1 aliphatic heterocycles. The minimum atomic E-state index is -4.54. The van der Waals surface area contributed by atoms with Crippen molar-refractivity contribution in [1.29, 1.82) is 0 Å². The van der Waals surface area contributed by atoms with E-state index in [-0.39, 0.29) is 17.8 Å². The Hall–Kier alpha value is -3.77. The third-order valence-corrected chi connectivity index (χ3v) is 6.75. The molecule has 1 aliphatic rings. The maximum atomic E-state index is 13.8. The number of likely N-dealkylation sites (N-methyl/N-ethyl adjacent to an activating group) is 1. The predicted octanol–water partition coefficient (Wildman–Crippen LogP) is 5.41. The van der Waals surface area contributed by atoms with E-state index in [9.17, 15) is 27.2 Å². The van der Waals surface area contributed by atoms with Gasteiger partial charge in [0.05, 0.1) is 16.8 Å². The molecule has 0 spiro atoms. The molecule has 0 radical (unpaired) electrons. The van der Waals surface area contributed by atoms with Crippen LogP contribution in [-0.2, 0) is 12.7 Å². The molecule has 3 aromatic carbocycles. The summed E-state index contributed by atoms with van der Waals surface area (Å²) in [7, 11) is 1.93. The van der Waals surface area contributed by atoms with Gasteiger partial charge in [-0.1, -0.05) is 31.0 Å². The Morgan fingerprint density at radius 2 is 1.64 bits per heavy atom. The van der Waals surface area contributed by atoms with Gasteiger partial charge in [0, 0.05) is 44.1 Å². The van der Waals surface area contributed by atoms with Crippen molar-refractivity contribution in [3.05, 3.63) is 89.2 Å². The summed E-state index contributed by atoms with van der Waals surface area (Å²) in [5.41, 5.74) is 0.289. The maximum absolute atomic E-state index is 13.8. The van der Waals surface area contributed by atoms with Gasteiger partial charge < -0.3 is 20.4 Å². The molecular weight excluding hydrogens is 534 g/mol. The fourth-order valence-corrected chi connectivity index (χ4v) is 4.35. The molecule has 12 heteroatoms. The van der Waals surface area contributed by atoms with Crippen LogP contribution in [0.5, 0.6) is 0 Å². The lowest BCUT2D eigenvalue weighted by Gasteiger charge is -2.35. The number of nitrogens with zero attached hydrogens (tertiary/aromatic N) is 3. The number of hydrogen-bond acceptors (Lipinski definition) is 5. The molecule has 2 N–H and O–H groups in total. The first kappa shape index (κ1) is 28.2. The number of rotatable bonds is 6. The van der Waals surface area contributed by atoms with Gasteiger partial charge in [-0.3, -0.25) is 4.79 Å². The van der Waals surface area contributed by atoms with Gasteiger partial charge in [0.25, 0.3) is 5.91 Å². The van der Waals surface area contributed by atoms with Crippen molar-refractivity contribution >= 4 is 41.8 Å². The third kappa shape index (κ3) is 7.01. The van der Waals surface area contributed by atoms with Gasteiger partial charge in [0.15, 0.2) is 0 Å². The summed E-state index contributed by atoms with van der Waals surface area (Å²) in [4.78, 5) is 28.7. The van der Waals surface area contributed by atoms with Crippen molar-refractivity contribution in [3.8, 4) is 0 Å². The number of urea groups is 1. The Morgan fingerprint density at radius 1 is 0.974 bits per heavy atom. The lowest BCUT2D eigenvalue weighted by atomic mass is 10.1. The van der Waals surface area contributed by atoms with Crippen molar-refractivity contribution in [2.24, 2.45) is 0 Å². The number of nitrogens with one attached hydrogen (secondary N) is 2. The normalized spacial score (nSPS) is 14.2. The van der Waals surface area contributed by atoms with Crippen molar-refractivity contribution in [2.75, 3.05) is 47.7 Å². The van der Waals surface area contributed by atoms with Crippen molar-refractivity contribution in [1.82, 2.24) is 10.2 Å². The molecule has 1 fully saturated rings. The molecule has 0 aliphatic carbocycles. The molecule has 0 unspecified atom stereocenters. The molecule has 7 nitrogen and oxygen atoms in total. The molecule has 3 amide bonds. The third-order valence-electron chi connectivity index (χ3n) is 6.33. The summed E-state index contributed by atoms with van der Waals surface area (Å²) in [5, 5.41) is 5.13. The zero-order chi connectivity index (χ0) is 28.2. The minimum absolute atomic E-state index is 0.109. The van der Waals surface area contributed by atoms with Gasteiger partial charge in [0.1, 0.15) is 5.82 Å². The van der Waals surface area contributed by atoms with Crippen LogP contribution in [0.1, 0.15) is 21.5 Å². The molecule has 0 atom stereocenters. The van der Waals surface area contributed by atoms with E-state index in [4.69, 9.17) is 0 Å². The van der Waals surface area contributed by atoms with E-state index < -0.39 is 29.5 Å². The summed E-state index contributed by atoms with van der Waals surface area (Å²) < 4.78 is 56.3. The van der Waals surface area contributed by atoms with Gasteiger partial charge >= 0.3 is 12.2 Å². The fourth-order valence-electron chi connectivity index (χ4n) is 4.14. The van der Waals surface area contributed by atoms with Crippen LogP contribution in [0.25, 0.3) is 0 Å². The van der Waals surface area contributed by atoms with Crippen LogP contribution >= 0.6 is 12.8 Å². The van der Waals surface area contributed by atoms with E-state index in [1.807, 2.05) is 7.05 Å². The highest BCUT2D eigenvalue weighted by atomic mass is 32.1. The van der Waals surface area contributed by atoms with Crippen LogP contribution in [0.2, 0.25) is 0 Å². The fraction of sp³-hybridized carbons (Fsp3) is 0.259. The van der Waals surface area contributed by atoms with Crippen molar-refractivity contribution in [2.45, 2.75) is 12.7 Å². The summed E-state index contributed by atoms with van der Waals surface area (Å²) in [6, 6.07) is 15.0. The summed E-state index contributed by atoms with van der Waals surface area (Å²) in [6.07, 6.45) is -4.54. The van der Waals surface area contributed by atoms with E-state index in [2.05, 4.69) is 28.3 Å². The second-order valence-electron chi connectivity index (χ2n) is 9.09. The van der Waals surface area contributed by atoms with E-state index in [1.165, 1.54) is 48.5 Å². The Bertz CT molecular complexity index is 1330. The van der Waals surface area contributed by atoms with Crippen LogP contribution in [0.3, 0.4) is 0 Å². The molecule has 1 saturated heterocycles. The van der Waals surface area contributed by atoms with Gasteiger partial charge in [0.2, 0.25) is 0 Å². The topological polar surface area (TPSA) is 67.9 Å². The van der Waals surface area contributed by atoms with Crippen molar-refractivity contribution < 1.29 is 27.2 Å².